The molecule has 3 heterocycles. The van der Waals surface area contributed by atoms with Gasteiger partial charge in [0.25, 0.3) is 0 Å². The van der Waals surface area contributed by atoms with E-state index in [-0.39, 0.29) is 5.41 Å². The van der Waals surface area contributed by atoms with Crippen LogP contribution in [-0.2, 0) is 5.41 Å². The van der Waals surface area contributed by atoms with E-state index in [9.17, 15) is 0 Å². The monoisotopic (exact) mass is 385 g/mol. The molecular weight excluding hydrogens is 358 g/mol. The van der Waals surface area contributed by atoms with Crippen LogP contribution in [0.3, 0.4) is 0 Å². The highest BCUT2D eigenvalue weighted by atomic mass is 35.5. The van der Waals surface area contributed by atoms with Gasteiger partial charge in [0.2, 0.25) is 5.95 Å². The lowest BCUT2D eigenvalue weighted by atomic mass is 9.70. The Bertz CT molecular complexity index is 788. The summed E-state index contributed by atoms with van der Waals surface area (Å²) in [5.74, 6) is 0.849. The summed E-state index contributed by atoms with van der Waals surface area (Å²) >= 11 is 6.64. The van der Waals surface area contributed by atoms with Crippen molar-refractivity contribution in [1.29, 1.82) is 0 Å². The summed E-state index contributed by atoms with van der Waals surface area (Å²) < 4.78 is 0. The molecule has 2 aliphatic rings. The number of hydrogen-bond donors (Lipinski definition) is 1. The van der Waals surface area contributed by atoms with Crippen LogP contribution in [0.1, 0.15) is 30.5 Å². The van der Waals surface area contributed by atoms with E-state index in [1.807, 2.05) is 18.3 Å². The molecule has 5 nitrogen and oxygen atoms in total. The Hall–Kier alpha value is -1.69. The highest BCUT2D eigenvalue weighted by molar-refractivity contribution is 6.31. The second kappa shape index (κ2) is 7.74. The Morgan fingerprint density at radius 2 is 1.96 bits per heavy atom. The van der Waals surface area contributed by atoms with E-state index in [1.54, 1.807) is 0 Å². The highest BCUT2D eigenvalue weighted by Gasteiger charge is 2.39. The van der Waals surface area contributed by atoms with Gasteiger partial charge in [0.1, 0.15) is 0 Å². The lowest BCUT2D eigenvalue weighted by Gasteiger charge is -2.38. The summed E-state index contributed by atoms with van der Waals surface area (Å²) in [4.78, 5) is 14.3. The molecule has 0 bridgehead atoms. The van der Waals surface area contributed by atoms with Crippen LogP contribution < -0.4 is 10.2 Å². The van der Waals surface area contributed by atoms with Gasteiger partial charge in [0.05, 0.1) is 5.69 Å². The minimum atomic E-state index is -0.151. The molecule has 2 aliphatic heterocycles. The zero-order chi connectivity index (χ0) is 18.9. The molecule has 0 saturated carbocycles. The number of likely N-dealkylation sites (N-methyl/N-ethyl adjacent to an activating group) is 1. The molecule has 27 heavy (non-hydrogen) atoms. The first kappa shape index (κ1) is 18.7. The van der Waals surface area contributed by atoms with E-state index in [2.05, 4.69) is 52.4 Å². The largest absolute Gasteiger partial charge is 0.339 e. The summed E-state index contributed by atoms with van der Waals surface area (Å²) in [5.41, 5.74) is 2.13. The third-order valence-corrected chi connectivity index (χ3v) is 6.49. The van der Waals surface area contributed by atoms with Crippen molar-refractivity contribution in [2.75, 3.05) is 45.2 Å². The second-order valence-corrected chi connectivity index (χ2v) is 8.31. The van der Waals surface area contributed by atoms with Crippen LogP contribution in [0.2, 0.25) is 5.02 Å². The van der Waals surface area contributed by atoms with Crippen LogP contribution in [-0.4, -0.2) is 61.2 Å². The fourth-order valence-electron chi connectivity index (χ4n) is 4.48. The van der Waals surface area contributed by atoms with Gasteiger partial charge in [0, 0.05) is 35.8 Å². The maximum absolute atomic E-state index is 6.64. The quantitative estimate of drug-likeness (QED) is 0.876. The van der Waals surface area contributed by atoms with Crippen LogP contribution in [0.15, 0.2) is 36.5 Å². The second-order valence-electron chi connectivity index (χ2n) is 7.91. The van der Waals surface area contributed by atoms with E-state index in [0.717, 1.165) is 62.1 Å². The van der Waals surface area contributed by atoms with Crippen molar-refractivity contribution >= 4 is 17.5 Å². The standard InChI is InChI=1S/C21H28ClN5/c1-26(2)16-8-14-27(15-16)20-24-11-7-19(25-20)21(9-12-23-13-10-21)17-5-3-4-6-18(17)22/h3-7,11,16,23H,8-10,12-15H2,1-2H3/t16-/m1/s1. The van der Waals surface area contributed by atoms with Gasteiger partial charge >= 0.3 is 0 Å². The zero-order valence-electron chi connectivity index (χ0n) is 16.2. The summed E-state index contributed by atoms with van der Waals surface area (Å²) in [7, 11) is 4.29. The molecule has 2 aromatic rings. The summed E-state index contributed by atoms with van der Waals surface area (Å²) in [6.07, 6.45) is 5.06. The zero-order valence-corrected chi connectivity index (χ0v) is 16.9. The molecule has 0 radical (unpaired) electrons. The van der Waals surface area contributed by atoms with E-state index >= 15 is 0 Å². The van der Waals surface area contributed by atoms with Gasteiger partial charge in [0.15, 0.2) is 0 Å². The summed E-state index contributed by atoms with van der Waals surface area (Å²) in [5, 5.41) is 4.31. The SMILES string of the molecule is CN(C)[C@@H]1CCN(c2nccc(C3(c4ccccc4Cl)CCNCC3)n2)C1. The Balaban J connectivity index is 1.71. The van der Waals surface area contributed by atoms with Gasteiger partial charge in [-0.25, -0.2) is 9.97 Å². The van der Waals surface area contributed by atoms with Crippen LogP contribution in [0.25, 0.3) is 0 Å². The van der Waals surface area contributed by atoms with Crippen molar-refractivity contribution in [3.8, 4) is 0 Å². The first-order valence-corrected chi connectivity index (χ1v) is 10.2. The van der Waals surface area contributed by atoms with Crippen LogP contribution >= 0.6 is 11.6 Å². The van der Waals surface area contributed by atoms with Crippen LogP contribution in [0, 0.1) is 0 Å². The number of nitrogens with zero attached hydrogens (tertiary/aromatic N) is 4. The Kier molecular flexibility index (Phi) is 5.35. The molecule has 0 aliphatic carbocycles. The predicted molar refractivity (Wildman–Crippen MR) is 111 cm³/mol. The maximum Gasteiger partial charge on any atom is 0.225 e. The van der Waals surface area contributed by atoms with Gasteiger partial charge < -0.3 is 15.1 Å². The first-order valence-electron chi connectivity index (χ1n) is 9.81. The molecule has 2 fully saturated rings. The molecule has 2 saturated heterocycles. The Morgan fingerprint density at radius 1 is 1.19 bits per heavy atom. The van der Waals surface area contributed by atoms with Crippen molar-refractivity contribution in [2.45, 2.75) is 30.7 Å². The number of nitrogens with one attached hydrogen (secondary N) is 1. The topological polar surface area (TPSA) is 44.3 Å². The normalized spacial score (nSPS) is 22.4. The number of halogens is 1. The van der Waals surface area contributed by atoms with Gasteiger partial charge in [-0.1, -0.05) is 29.8 Å². The molecule has 6 heteroatoms. The molecule has 1 aromatic carbocycles. The van der Waals surface area contributed by atoms with Crippen molar-refractivity contribution in [2.24, 2.45) is 0 Å². The van der Waals surface area contributed by atoms with E-state index in [1.165, 1.54) is 5.56 Å². The molecular formula is C21H28ClN5. The average molecular weight is 386 g/mol. The van der Waals surface area contributed by atoms with Crippen molar-refractivity contribution < 1.29 is 0 Å². The third-order valence-electron chi connectivity index (χ3n) is 6.16. The van der Waals surface area contributed by atoms with E-state index < -0.39 is 0 Å². The summed E-state index contributed by atoms with van der Waals surface area (Å²) in [6.45, 7) is 3.93. The predicted octanol–water partition coefficient (Wildman–Crippen LogP) is 2.94. The van der Waals surface area contributed by atoms with Crippen molar-refractivity contribution in [3.63, 3.8) is 0 Å². The highest BCUT2D eigenvalue weighted by Crippen LogP contribution is 2.42. The van der Waals surface area contributed by atoms with Crippen molar-refractivity contribution in [1.82, 2.24) is 20.2 Å². The first-order chi connectivity index (χ1) is 13.1. The number of rotatable bonds is 4. The lowest BCUT2D eigenvalue weighted by Crippen LogP contribution is -2.42. The molecule has 1 N–H and O–H groups in total. The van der Waals surface area contributed by atoms with Gasteiger partial charge in [-0.05, 0) is 64.1 Å². The fourth-order valence-corrected chi connectivity index (χ4v) is 4.80. The third kappa shape index (κ3) is 3.56. The molecule has 1 atom stereocenters. The lowest BCUT2D eigenvalue weighted by molar-refractivity contribution is 0.315. The molecule has 144 valence electrons. The number of benzene rings is 1. The fraction of sp³-hybridized carbons (Fsp3) is 0.524. The van der Waals surface area contributed by atoms with Gasteiger partial charge in [-0.2, -0.15) is 0 Å². The van der Waals surface area contributed by atoms with Crippen LogP contribution in [0.5, 0.6) is 0 Å². The molecule has 1 aromatic heterocycles. The maximum atomic E-state index is 6.64. The minimum absolute atomic E-state index is 0.151. The molecule has 0 spiro atoms. The average Bonchev–Trinajstić information content (AvgIpc) is 3.20. The van der Waals surface area contributed by atoms with E-state index in [4.69, 9.17) is 16.6 Å². The van der Waals surface area contributed by atoms with Gasteiger partial charge in [-0.15, -0.1) is 0 Å². The Labute approximate surface area is 166 Å². The van der Waals surface area contributed by atoms with Crippen molar-refractivity contribution in [3.05, 3.63) is 52.8 Å². The molecule has 4 rings (SSSR count). The summed E-state index contributed by atoms with van der Waals surface area (Å²) in [6, 6.07) is 10.9. The van der Waals surface area contributed by atoms with Gasteiger partial charge in [-0.3, -0.25) is 0 Å². The number of anilines is 1. The molecule has 0 unspecified atom stereocenters. The smallest absolute Gasteiger partial charge is 0.225 e. The minimum Gasteiger partial charge on any atom is -0.339 e. The van der Waals surface area contributed by atoms with Crippen LogP contribution in [0.4, 0.5) is 5.95 Å². The number of piperidine rings is 1. The molecule has 0 amide bonds. The Morgan fingerprint density at radius 3 is 2.67 bits per heavy atom. The number of hydrogen-bond acceptors (Lipinski definition) is 5. The van der Waals surface area contributed by atoms with E-state index in [0.29, 0.717) is 6.04 Å². The number of aromatic nitrogens is 2.